The normalized spacial score (nSPS) is 18.4. The van der Waals surface area contributed by atoms with Crippen LogP contribution >= 0.6 is 0 Å². The highest BCUT2D eigenvalue weighted by molar-refractivity contribution is 5.29. The summed E-state index contributed by atoms with van der Waals surface area (Å²) < 4.78 is 5.26. The first-order valence-electron chi connectivity index (χ1n) is 7.23. The van der Waals surface area contributed by atoms with Gasteiger partial charge in [0.05, 0.1) is 0 Å². The number of rotatable bonds is 5. The Bertz CT molecular complexity index is 444. The van der Waals surface area contributed by atoms with Gasteiger partial charge in [0.1, 0.15) is 11.8 Å². The van der Waals surface area contributed by atoms with Gasteiger partial charge < -0.3 is 15.0 Å². The summed E-state index contributed by atoms with van der Waals surface area (Å²) in [7, 11) is 2.18. The first-order valence-corrected chi connectivity index (χ1v) is 7.23. The van der Waals surface area contributed by atoms with Crippen molar-refractivity contribution in [2.75, 3.05) is 26.7 Å². The number of nitriles is 1. The second-order valence-corrected chi connectivity index (χ2v) is 5.48. The SMILES string of the molecule is CC(NC1CCN(C)CC1)c1ccc(OCC#N)cc1. The van der Waals surface area contributed by atoms with E-state index < -0.39 is 0 Å². The fourth-order valence-corrected chi connectivity index (χ4v) is 2.59. The standard InChI is InChI=1S/C16H23N3O/c1-13(18-15-7-10-19(2)11-8-15)14-3-5-16(6-4-14)20-12-9-17/h3-6,13,15,18H,7-8,10-12H2,1-2H3. The van der Waals surface area contributed by atoms with Gasteiger partial charge in [0, 0.05) is 12.1 Å². The maximum atomic E-state index is 8.48. The Morgan fingerprint density at radius 2 is 2.00 bits per heavy atom. The van der Waals surface area contributed by atoms with E-state index in [-0.39, 0.29) is 6.61 Å². The van der Waals surface area contributed by atoms with Crippen LogP contribution in [0.4, 0.5) is 0 Å². The molecular weight excluding hydrogens is 250 g/mol. The van der Waals surface area contributed by atoms with Gasteiger partial charge in [0.25, 0.3) is 0 Å². The van der Waals surface area contributed by atoms with Crippen molar-refractivity contribution in [1.82, 2.24) is 10.2 Å². The lowest BCUT2D eigenvalue weighted by atomic mass is 10.0. The average Bonchev–Trinajstić information content (AvgIpc) is 2.48. The molecule has 1 fully saturated rings. The molecule has 20 heavy (non-hydrogen) atoms. The molecule has 0 amide bonds. The number of piperidine rings is 1. The van der Waals surface area contributed by atoms with Crippen molar-refractivity contribution in [1.29, 1.82) is 5.26 Å². The zero-order chi connectivity index (χ0) is 14.4. The number of likely N-dealkylation sites (tertiary alicyclic amines) is 1. The van der Waals surface area contributed by atoms with Gasteiger partial charge in [-0.25, -0.2) is 0 Å². The summed E-state index contributed by atoms with van der Waals surface area (Å²) in [5.41, 5.74) is 1.26. The molecule has 2 rings (SSSR count). The van der Waals surface area contributed by atoms with Crippen molar-refractivity contribution in [2.45, 2.75) is 31.8 Å². The number of hydrogen-bond acceptors (Lipinski definition) is 4. The summed E-state index contributed by atoms with van der Waals surface area (Å²) in [5.74, 6) is 0.752. The molecule has 1 aromatic rings. The zero-order valence-corrected chi connectivity index (χ0v) is 12.3. The Labute approximate surface area is 121 Å². The zero-order valence-electron chi connectivity index (χ0n) is 12.3. The second kappa shape index (κ2) is 7.28. The molecule has 4 nitrogen and oxygen atoms in total. The molecule has 1 aliphatic heterocycles. The first kappa shape index (κ1) is 14.8. The maximum Gasteiger partial charge on any atom is 0.174 e. The molecule has 4 heteroatoms. The molecule has 0 aromatic heterocycles. The van der Waals surface area contributed by atoms with Crippen LogP contribution in [0, 0.1) is 11.3 Å². The third kappa shape index (κ3) is 4.22. The van der Waals surface area contributed by atoms with Gasteiger partial charge in [-0.2, -0.15) is 5.26 Å². The lowest BCUT2D eigenvalue weighted by Gasteiger charge is -2.31. The van der Waals surface area contributed by atoms with Crippen molar-refractivity contribution in [3.05, 3.63) is 29.8 Å². The minimum atomic E-state index is 0.0999. The molecule has 1 aliphatic rings. The summed E-state index contributed by atoms with van der Waals surface area (Å²) in [4.78, 5) is 2.38. The Kier molecular flexibility index (Phi) is 5.40. The van der Waals surface area contributed by atoms with Crippen LogP contribution in [0.5, 0.6) is 5.75 Å². The van der Waals surface area contributed by atoms with Crippen molar-refractivity contribution < 1.29 is 4.74 Å². The molecule has 1 N–H and O–H groups in total. The number of nitrogens with zero attached hydrogens (tertiary/aromatic N) is 2. The molecule has 1 unspecified atom stereocenters. The molecule has 1 aromatic carbocycles. The lowest BCUT2D eigenvalue weighted by molar-refractivity contribution is 0.226. The minimum absolute atomic E-state index is 0.0999. The van der Waals surface area contributed by atoms with Crippen LogP contribution in [-0.4, -0.2) is 37.7 Å². The summed E-state index contributed by atoms with van der Waals surface area (Å²) >= 11 is 0. The molecule has 1 saturated heterocycles. The molecule has 1 heterocycles. The highest BCUT2D eigenvalue weighted by Gasteiger charge is 2.18. The van der Waals surface area contributed by atoms with Crippen molar-refractivity contribution in [3.63, 3.8) is 0 Å². The van der Waals surface area contributed by atoms with Crippen LogP contribution in [0.2, 0.25) is 0 Å². The molecule has 108 valence electrons. The van der Waals surface area contributed by atoms with Crippen LogP contribution in [0.25, 0.3) is 0 Å². The number of nitrogens with one attached hydrogen (secondary N) is 1. The summed E-state index contributed by atoms with van der Waals surface area (Å²) in [6.07, 6.45) is 2.43. The van der Waals surface area contributed by atoms with Crippen LogP contribution in [-0.2, 0) is 0 Å². The van der Waals surface area contributed by atoms with E-state index in [9.17, 15) is 0 Å². The maximum absolute atomic E-state index is 8.48. The topological polar surface area (TPSA) is 48.3 Å². The molecular formula is C16H23N3O. The van der Waals surface area contributed by atoms with E-state index in [1.165, 1.54) is 31.5 Å². The molecule has 0 bridgehead atoms. The van der Waals surface area contributed by atoms with Gasteiger partial charge >= 0.3 is 0 Å². The van der Waals surface area contributed by atoms with E-state index in [1.54, 1.807) is 0 Å². The Balaban J connectivity index is 1.85. The van der Waals surface area contributed by atoms with Crippen molar-refractivity contribution >= 4 is 0 Å². The van der Waals surface area contributed by atoms with Crippen LogP contribution < -0.4 is 10.1 Å². The van der Waals surface area contributed by atoms with Gasteiger partial charge in [-0.3, -0.25) is 0 Å². The van der Waals surface area contributed by atoms with E-state index in [1.807, 2.05) is 18.2 Å². The van der Waals surface area contributed by atoms with Gasteiger partial charge in [0.15, 0.2) is 6.61 Å². The van der Waals surface area contributed by atoms with E-state index in [4.69, 9.17) is 10.00 Å². The third-order valence-corrected chi connectivity index (χ3v) is 3.89. The van der Waals surface area contributed by atoms with Crippen LogP contribution in [0.3, 0.4) is 0 Å². The van der Waals surface area contributed by atoms with E-state index in [0.717, 1.165) is 5.75 Å². The molecule has 0 aliphatic carbocycles. The average molecular weight is 273 g/mol. The highest BCUT2D eigenvalue weighted by atomic mass is 16.5. The molecule has 1 atom stereocenters. The smallest absolute Gasteiger partial charge is 0.174 e. The lowest BCUT2D eigenvalue weighted by Crippen LogP contribution is -2.41. The van der Waals surface area contributed by atoms with Gasteiger partial charge in [-0.1, -0.05) is 12.1 Å². The Morgan fingerprint density at radius 1 is 1.35 bits per heavy atom. The second-order valence-electron chi connectivity index (χ2n) is 5.48. The van der Waals surface area contributed by atoms with Crippen LogP contribution in [0.15, 0.2) is 24.3 Å². The monoisotopic (exact) mass is 273 g/mol. The minimum Gasteiger partial charge on any atom is -0.479 e. The van der Waals surface area contributed by atoms with E-state index in [0.29, 0.717) is 12.1 Å². The number of ether oxygens (including phenoxy) is 1. The van der Waals surface area contributed by atoms with Gasteiger partial charge in [-0.05, 0) is 57.6 Å². The van der Waals surface area contributed by atoms with E-state index in [2.05, 4.69) is 36.3 Å². The van der Waals surface area contributed by atoms with Gasteiger partial charge in [-0.15, -0.1) is 0 Å². The fourth-order valence-electron chi connectivity index (χ4n) is 2.59. The van der Waals surface area contributed by atoms with Gasteiger partial charge in [0.2, 0.25) is 0 Å². The molecule has 0 radical (unpaired) electrons. The summed E-state index contributed by atoms with van der Waals surface area (Å²) in [5, 5.41) is 12.2. The number of hydrogen-bond donors (Lipinski definition) is 1. The van der Waals surface area contributed by atoms with Crippen molar-refractivity contribution in [2.24, 2.45) is 0 Å². The van der Waals surface area contributed by atoms with Crippen LogP contribution in [0.1, 0.15) is 31.4 Å². The molecule has 0 saturated carbocycles. The Hall–Kier alpha value is -1.57. The largest absolute Gasteiger partial charge is 0.479 e. The predicted molar refractivity (Wildman–Crippen MR) is 79.6 cm³/mol. The van der Waals surface area contributed by atoms with E-state index >= 15 is 0 Å². The number of benzene rings is 1. The predicted octanol–water partition coefficient (Wildman–Crippen LogP) is 2.33. The Morgan fingerprint density at radius 3 is 2.60 bits per heavy atom. The third-order valence-electron chi connectivity index (χ3n) is 3.89. The molecule has 0 spiro atoms. The first-order chi connectivity index (χ1) is 9.69. The summed E-state index contributed by atoms with van der Waals surface area (Å²) in [6.45, 7) is 4.64. The quantitative estimate of drug-likeness (QED) is 0.894. The highest BCUT2D eigenvalue weighted by Crippen LogP contribution is 2.20. The van der Waals surface area contributed by atoms with Crippen molar-refractivity contribution in [3.8, 4) is 11.8 Å². The summed E-state index contributed by atoms with van der Waals surface area (Å²) in [6, 6.07) is 10.9. The fraction of sp³-hybridized carbons (Fsp3) is 0.562.